The van der Waals surface area contributed by atoms with Crippen LogP contribution in [-0.2, 0) is 20.2 Å². The lowest BCUT2D eigenvalue weighted by Crippen LogP contribution is -2.63. The lowest BCUT2D eigenvalue weighted by atomic mass is 9.94. The molecule has 18 nitrogen and oxygen atoms in total. The maximum absolute atomic E-state index is 13.7. The Bertz CT molecular complexity index is 2470. The van der Waals surface area contributed by atoms with Crippen LogP contribution in [0.15, 0.2) is 72.8 Å². The van der Waals surface area contributed by atoms with E-state index >= 15 is 0 Å². The second-order valence-corrected chi connectivity index (χ2v) is 19.1. The van der Waals surface area contributed by atoms with E-state index in [1.165, 1.54) is 28.4 Å². The highest BCUT2D eigenvalue weighted by molar-refractivity contribution is 7.86. The Morgan fingerprint density at radius 3 is 1.18 bits per heavy atom. The van der Waals surface area contributed by atoms with E-state index < -0.39 is 37.3 Å². The van der Waals surface area contributed by atoms with Crippen molar-refractivity contribution >= 4 is 32.1 Å². The summed E-state index contributed by atoms with van der Waals surface area (Å²) < 4.78 is 103. The molecule has 0 spiro atoms. The Labute approximate surface area is 386 Å². The minimum absolute atomic E-state index is 0.000355. The molecular weight excluding hydrogens is 897 g/mol. The molecule has 2 saturated heterocycles. The minimum atomic E-state index is -4.74. The normalized spacial score (nSPS) is 15.3. The van der Waals surface area contributed by atoms with Crippen LogP contribution in [0.1, 0.15) is 33.6 Å². The molecular formula is C46H58N4O14S2. The summed E-state index contributed by atoms with van der Waals surface area (Å²) in [5, 5.41) is 0. The molecule has 2 aliphatic heterocycles. The summed E-state index contributed by atoms with van der Waals surface area (Å²) in [4.78, 5) is 34.4. The predicted octanol–water partition coefficient (Wildman–Crippen LogP) is 4.58. The summed E-state index contributed by atoms with van der Waals surface area (Å²) >= 11 is 0. The van der Waals surface area contributed by atoms with Crippen molar-refractivity contribution in [3.05, 3.63) is 83.9 Å². The van der Waals surface area contributed by atoms with Gasteiger partial charge in [0, 0.05) is 63.5 Å². The van der Waals surface area contributed by atoms with Crippen LogP contribution in [0.4, 0.5) is 0 Å². The number of hydrogen-bond acceptors (Lipinski definition) is 14. The first-order valence-corrected chi connectivity index (χ1v) is 24.4. The summed E-state index contributed by atoms with van der Waals surface area (Å²) in [6.07, 6.45) is 0.319. The third-order valence-electron chi connectivity index (χ3n) is 12.2. The van der Waals surface area contributed by atoms with E-state index in [0.29, 0.717) is 84.8 Å². The van der Waals surface area contributed by atoms with Gasteiger partial charge in [0.05, 0.1) is 59.7 Å². The molecule has 2 amide bonds. The van der Waals surface area contributed by atoms with Crippen molar-refractivity contribution in [2.75, 3.05) is 113 Å². The number of piperazine rings is 2. The molecule has 2 heterocycles. The lowest BCUT2D eigenvalue weighted by Gasteiger charge is -2.47. The van der Waals surface area contributed by atoms with Gasteiger partial charge in [-0.25, -0.2) is 0 Å². The molecule has 0 aliphatic carbocycles. The van der Waals surface area contributed by atoms with Crippen molar-refractivity contribution in [2.24, 2.45) is 0 Å². The molecule has 0 saturated carbocycles. The Balaban J connectivity index is 1.07. The largest absolute Gasteiger partial charge is 0.493 e. The quantitative estimate of drug-likeness (QED) is 0.123. The molecule has 4 aromatic rings. The number of ether oxygens (including phenoxy) is 6. The molecule has 66 heavy (non-hydrogen) atoms. The first kappa shape index (κ1) is 49.8. The summed E-state index contributed by atoms with van der Waals surface area (Å²) in [7, 11) is -0.287. The molecule has 4 aromatic carbocycles. The monoisotopic (exact) mass is 954 g/mol. The van der Waals surface area contributed by atoms with Crippen LogP contribution in [0.3, 0.4) is 0 Å². The van der Waals surface area contributed by atoms with Crippen molar-refractivity contribution in [3.63, 3.8) is 0 Å². The first-order valence-electron chi connectivity index (χ1n) is 21.2. The van der Waals surface area contributed by atoms with Gasteiger partial charge >= 0.3 is 0 Å². The van der Waals surface area contributed by atoms with E-state index in [4.69, 9.17) is 28.4 Å². The standard InChI is InChI=1S/C46H58N4O14S2/c1-59-38-26-36(27-39(60-2)42(38)63-5)32-8-12-34(13-9-32)44(51)48-20-18-47(19-21-48)17-7-16-46(30-65(53,54)55,31-66(56,57)58)50-24-22-49(23-25-50)45(52)35-14-10-33(11-15-35)37-28-40(61-3)43(64-6)41(29-37)62-4/h8-15,26-29H,7,16-25,30-31H2,1-6H3,(H,53,54,55)(H,56,57,58). The van der Waals surface area contributed by atoms with Gasteiger partial charge in [-0.2, -0.15) is 16.8 Å². The van der Waals surface area contributed by atoms with Crippen LogP contribution in [0, 0.1) is 0 Å². The van der Waals surface area contributed by atoms with E-state index in [-0.39, 0.29) is 44.4 Å². The van der Waals surface area contributed by atoms with Gasteiger partial charge in [-0.05, 0) is 90.2 Å². The van der Waals surface area contributed by atoms with Crippen molar-refractivity contribution in [3.8, 4) is 56.8 Å². The second kappa shape index (κ2) is 21.3. The fourth-order valence-electron chi connectivity index (χ4n) is 8.87. The average Bonchev–Trinajstić information content (AvgIpc) is 3.31. The first-order chi connectivity index (χ1) is 31.4. The maximum Gasteiger partial charge on any atom is 0.266 e. The molecule has 0 unspecified atom stereocenters. The van der Waals surface area contributed by atoms with Gasteiger partial charge < -0.3 is 38.2 Å². The van der Waals surface area contributed by atoms with E-state index in [1.807, 2.05) is 24.3 Å². The highest BCUT2D eigenvalue weighted by atomic mass is 32.2. The van der Waals surface area contributed by atoms with Crippen LogP contribution in [0.25, 0.3) is 22.3 Å². The SMILES string of the molecule is COc1cc(-c2ccc(C(=O)N3CCN(CCCC(CS(=O)(=O)O)(CS(=O)(=O)O)N4CCN(C(=O)c5ccc(-c6cc(OC)c(OC)c(OC)c6)cc5)CC4)CC3)cc2)cc(OC)c1OC. The third-order valence-corrected chi connectivity index (χ3v) is 14.0. The van der Waals surface area contributed by atoms with Gasteiger partial charge in [0.25, 0.3) is 32.1 Å². The van der Waals surface area contributed by atoms with Crippen molar-refractivity contribution in [2.45, 2.75) is 18.4 Å². The summed E-state index contributed by atoms with van der Waals surface area (Å²) in [6, 6.07) is 21.5. The second-order valence-electron chi connectivity index (χ2n) is 16.2. The van der Waals surface area contributed by atoms with Crippen molar-refractivity contribution in [1.82, 2.24) is 19.6 Å². The Kier molecular flexibility index (Phi) is 16.1. The fourth-order valence-corrected chi connectivity index (χ4v) is 11.2. The number of rotatable bonds is 19. The average molecular weight is 955 g/mol. The highest BCUT2D eigenvalue weighted by Gasteiger charge is 2.45. The summed E-state index contributed by atoms with van der Waals surface area (Å²) in [6.45, 7) is 2.78. The fraction of sp³-hybridized carbons (Fsp3) is 0.435. The molecule has 2 N–H and O–H groups in total. The molecule has 0 aromatic heterocycles. The predicted molar refractivity (Wildman–Crippen MR) is 248 cm³/mol. The topological polar surface area (TPSA) is 211 Å². The highest BCUT2D eigenvalue weighted by Crippen LogP contribution is 2.42. The zero-order chi connectivity index (χ0) is 47.8. The molecule has 20 heteroatoms. The Morgan fingerprint density at radius 2 is 0.864 bits per heavy atom. The number of methoxy groups -OCH3 is 6. The molecule has 0 radical (unpaired) electrons. The molecule has 0 bridgehead atoms. The molecule has 6 rings (SSSR count). The van der Waals surface area contributed by atoms with Gasteiger partial charge in [-0.15, -0.1) is 0 Å². The van der Waals surface area contributed by atoms with E-state index in [1.54, 1.807) is 77.5 Å². The number of benzene rings is 4. The number of nitrogens with zero attached hydrogens (tertiary/aromatic N) is 4. The molecule has 0 atom stereocenters. The van der Waals surface area contributed by atoms with Crippen molar-refractivity contribution in [1.29, 1.82) is 0 Å². The Hall–Kier alpha value is -5.64. The Morgan fingerprint density at radius 1 is 0.515 bits per heavy atom. The van der Waals surface area contributed by atoms with E-state index in [0.717, 1.165) is 22.3 Å². The minimum Gasteiger partial charge on any atom is -0.493 e. The number of amides is 2. The van der Waals surface area contributed by atoms with Crippen LogP contribution in [-0.4, -0.2) is 176 Å². The number of hydrogen-bond donors (Lipinski definition) is 2. The van der Waals surface area contributed by atoms with Gasteiger partial charge in [0.1, 0.15) is 0 Å². The van der Waals surface area contributed by atoms with Crippen LogP contribution in [0.2, 0.25) is 0 Å². The van der Waals surface area contributed by atoms with Gasteiger partial charge in [0.15, 0.2) is 23.0 Å². The molecule has 2 fully saturated rings. The zero-order valence-electron chi connectivity index (χ0n) is 38.0. The third kappa shape index (κ3) is 11.8. The van der Waals surface area contributed by atoms with E-state index in [2.05, 4.69) is 4.90 Å². The van der Waals surface area contributed by atoms with Crippen LogP contribution < -0.4 is 28.4 Å². The molecule has 2 aliphatic rings. The zero-order valence-corrected chi connectivity index (χ0v) is 39.7. The molecule has 358 valence electrons. The van der Waals surface area contributed by atoms with Gasteiger partial charge in [-0.1, -0.05) is 24.3 Å². The van der Waals surface area contributed by atoms with Gasteiger partial charge in [0.2, 0.25) is 11.5 Å². The van der Waals surface area contributed by atoms with Gasteiger partial charge in [-0.3, -0.25) is 28.5 Å². The lowest BCUT2D eigenvalue weighted by molar-refractivity contribution is 0.0359. The number of carbonyl (C=O) groups excluding carboxylic acids is 2. The summed E-state index contributed by atoms with van der Waals surface area (Å²) in [5.41, 5.74) is 2.48. The smallest absolute Gasteiger partial charge is 0.266 e. The van der Waals surface area contributed by atoms with Crippen LogP contribution in [0.5, 0.6) is 34.5 Å². The summed E-state index contributed by atoms with van der Waals surface area (Å²) in [5.74, 6) is 0.630. The van der Waals surface area contributed by atoms with Crippen LogP contribution >= 0.6 is 0 Å². The number of carbonyl (C=O) groups is 2. The van der Waals surface area contributed by atoms with E-state index in [9.17, 15) is 35.5 Å². The maximum atomic E-state index is 13.7. The van der Waals surface area contributed by atoms with Crippen molar-refractivity contribution < 1.29 is 64.0 Å².